The normalized spacial score (nSPS) is 13.0. The predicted molar refractivity (Wildman–Crippen MR) is 112 cm³/mol. The summed E-state index contributed by atoms with van der Waals surface area (Å²) in [6, 6.07) is 13.1. The largest absolute Gasteiger partial charge is 0.366 e. The van der Waals surface area contributed by atoms with Gasteiger partial charge in [-0.25, -0.2) is 0 Å². The third kappa shape index (κ3) is 4.71. The fraction of sp³-hybridized carbons (Fsp3) is 0.261. The molecule has 0 fully saturated rings. The van der Waals surface area contributed by atoms with Crippen molar-refractivity contribution in [2.45, 2.75) is 25.8 Å². The Kier molecular flexibility index (Phi) is 6.12. The van der Waals surface area contributed by atoms with E-state index in [0.29, 0.717) is 37.9 Å². The van der Waals surface area contributed by atoms with E-state index in [1.165, 1.54) is 6.08 Å². The number of anilines is 1. The molecule has 6 heteroatoms. The first-order valence-electron chi connectivity index (χ1n) is 9.57. The number of carbonyl (C=O) groups is 3. The molecule has 2 aromatic rings. The minimum atomic E-state index is -0.469. The second-order valence-electron chi connectivity index (χ2n) is 7.19. The second kappa shape index (κ2) is 8.73. The van der Waals surface area contributed by atoms with Gasteiger partial charge in [-0.1, -0.05) is 30.8 Å². The fourth-order valence-corrected chi connectivity index (χ4v) is 3.57. The van der Waals surface area contributed by atoms with Crippen molar-refractivity contribution in [1.29, 1.82) is 0 Å². The molecule has 1 aliphatic rings. The van der Waals surface area contributed by atoms with Gasteiger partial charge in [0, 0.05) is 37.8 Å². The first kappa shape index (κ1) is 20.3. The zero-order valence-corrected chi connectivity index (χ0v) is 16.6. The van der Waals surface area contributed by atoms with Crippen LogP contribution < -0.4 is 10.6 Å². The number of hydrogen-bond acceptors (Lipinski definition) is 3. The van der Waals surface area contributed by atoms with Crippen LogP contribution in [-0.4, -0.2) is 36.2 Å². The SMILES string of the molecule is C=CC(=O)N(CCc1cccc(C(N)=O)c1)Cc1ccc2c(c1)CCC(=O)N2C. The molecule has 2 aromatic carbocycles. The lowest BCUT2D eigenvalue weighted by atomic mass is 9.99. The average molecular weight is 391 g/mol. The van der Waals surface area contributed by atoms with E-state index in [4.69, 9.17) is 5.73 Å². The van der Waals surface area contributed by atoms with Crippen molar-refractivity contribution in [1.82, 2.24) is 4.90 Å². The van der Waals surface area contributed by atoms with Crippen LogP contribution in [0.5, 0.6) is 0 Å². The van der Waals surface area contributed by atoms with Crippen molar-refractivity contribution < 1.29 is 14.4 Å². The van der Waals surface area contributed by atoms with E-state index in [0.717, 1.165) is 22.4 Å². The molecule has 0 bridgehead atoms. The standard InChI is InChI=1S/C23H25N3O3/c1-3-21(27)26(12-11-16-5-4-6-19(13-16)23(24)29)15-17-7-9-20-18(14-17)8-10-22(28)25(20)2/h3-7,9,13-14H,1,8,10-12,15H2,2H3,(H2,24,29). The Bertz CT molecular complexity index is 968. The number of hydrogen-bond donors (Lipinski definition) is 1. The predicted octanol–water partition coefficient (Wildman–Crippen LogP) is 2.45. The van der Waals surface area contributed by atoms with Gasteiger partial charge in [0.15, 0.2) is 0 Å². The minimum Gasteiger partial charge on any atom is -0.366 e. The van der Waals surface area contributed by atoms with E-state index in [2.05, 4.69) is 12.6 Å². The van der Waals surface area contributed by atoms with E-state index in [9.17, 15) is 14.4 Å². The smallest absolute Gasteiger partial charge is 0.248 e. The maximum atomic E-state index is 12.4. The third-order valence-corrected chi connectivity index (χ3v) is 5.23. The molecular weight excluding hydrogens is 366 g/mol. The summed E-state index contributed by atoms with van der Waals surface area (Å²) >= 11 is 0. The summed E-state index contributed by atoms with van der Waals surface area (Å²) in [6.07, 6.45) is 3.12. The topological polar surface area (TPSA) is 83.7 Å². The molecule has 0 atom stereocenters. The molecule has 6 nitrogen and oxygen atoms in total. The summed E-state index contributed by atoms with van der Waals surface area (Å²) < 4.78 is 0. The summed E-state index contributed by atoms with van der Waals surface area (Å²) in [5.74, 6) is -0.503. The Labute approximate surface area is 170 Å². The van der Waals surface area contributed by atoms with Crippen LogP contribution in [0.1, 0.15) is 33.5 Å². The van der Waals surface area contributed by atoms with Crippen LogP contribution in [0, 0.1) is 0 Å². The van der Waals surface area contributed by atoms with Crippen LogP contribution in [0.3, 0.4) is 0 Å². The summed E-state index contributed by atoms with van der Waals surface area (Å²) in [5.41, 5.74) is 9.79. The molecular formula is C23H25N3O3. The lowest BCUT2D eigenvalue weighted by Gasteiger charge is -2.27. The van der Waals surface area contributed by atoms with Gasteiger partial charge >= 0.3 is 0 Å². The average Bonchev–Trinajstić information content (AvgIpc) is 2.73. The molecule has 0 saturated carbocycles. The number of aryl methyl sites for hydroxylation is 1. The monoisotopic (exact) mass is 391 g/mol. The van der Waals surface area contributed by atoms with E-state index >= 15 is 0 Å². The molecule has 1 aliphatic heterocycles. The highest BCUT2D eigenvalue weighted by atomic mass is 16.2. The maximum absolute atomic E-state index is 12.4. The number of benzene rings is 2. The molecule has 0 aromatic heterocycles. The maximum Gasteiger partial charge on any atom is 0.248 e. The third-order valence-electron chi connectivity index (χ3n) is 5.23. The van der Waals surface area contributed by atoms with Crippen LogP contribution in [-0.2, 0) is 29.0 Å². The number of fused-ring (bicyclic) bond motifs is 1. The van der Waals surface area contributed by atoms with Crippen molar-refractivity contribution in [3.05, 3.63) is 77.4 Å². The van der Waals surface area contributed by atoms with Crippen molar-refractivity contribution >= 4 is 23.4 Å². The van der Waals surface area contributed by atoms with Gasteiger partial charge in [-0.3, -0.25) is 14.4 Å². The summed E-state index contributed by atoms with van der Waals surface area (Å²) in [7, 11) is 1.79. The van der Waals surface area contributed by atoms with Gasteiger partial charge in [0.25, 0.3) is 0 Å². The highest BCUT2D eigenvalue weighted by molar-refractivity contribution is 5.96. The number of primary amides is 1. The van der Waals surface area contributed by atoms with Crippen molar-refractivity contribution in [2.24, 2.45) is 5.73 Å². The van der Waals surface area contributed by atoms with Gasteiger partial charge in [0.05, 0.1) is 0 Å². The summed E-state index contributed by atoms with van der Waals surface area (Å²) in [6.45, 7) is 4.55. The Hall–Kier alpha value is -3.41. The van der Waals surface area contributed by atoms with Crippen LogP contribution in [0.2, 0.25) is 0 Å². The Morgan fingerprint density at radius 2 is 1.97 bits per heavy atom. The zero-order chi connectivity index (χ0) is 21.0. The Morgan fingerprint density at radius 1 is 1.17 bits per heavy atom. The van der Waals surface area contributed by atoms with Gasteiger partial charge < -0.3 is 15.5 Å². The molecule has 0 radical (unpaired) electrons. The summed E-state index contributed by atoms with van der Waals surface area (Å²) in [4.78, 5) is 39.0. The first-order chi connectivity index (χ1) is 13.9. The van der Waals surface area contributed by atoms with Crippen LogP contribution >= 0.6 is 0 Å². The molecule has 1 heterocycles. The number of carbonyl (C=O) groups excluding carboxylic acids is 3. The highest BCUT2D eigenvalue weighted by Gasteiger charge is 2.21. The van der Waals surface area contributed by atoms with Crippen molar-refractivity contribution in [3.63, 3.8) is 0 Å². The van der Waals surface area contributed by atoms with Crippen molar-refractivity contribution in [3.8, 4) is 0 Å². The Balaban J connectivity index is 1.74. The minimum absolute atomic E-state index is 0.118. The highest BCUT2D eigenvalue weighted by Crippen LogP contribution is 2.28. The number of nitrogens with two attached hydrogens (primary N) is 1. The first-order valence-corrected chi connectivity index (χ1v) is 9.57. The molecule has 0 aliphatic carbocycles. The van der Waals surface area contributed by atoms with Gasteiger partial charge in [0.1, 0.15) is 0 Å². The molecule has 29 heavy (non-hydrogen) atoms. The van der Waals surface area contributed by atoms with E-state index in [1.54, 1.807) is 35.0 Å². The van der Waals surface area contributed by atoms with Crippen LogP contribution in [0.25, 0.3) is 0 Å². The van der Waals surface area contributed by atoms with Crippen LogP contribution in [0.15, 0.2) is 55.1 Å². The van der Waals surface area contributed by atoms with Gasteiger partial charge in [-0.2, -0.15) is 0 Å². The molecule has 150 valence electrons. The molecule has 2 N–H and O–H groups in total. The molecule has 0 spiro atoms. The molecule has 0 unspecified atom stereocenters. The lowest BCUT2D eigenvalue weighted by Crippen LogP contribution is -2.32. The number of amides is 3. The second-order valence-corrected chi connectivity index (χ2v) is 7.19. The quantitative estimate of drug-likeness (QED) is 0.736. The van der Waals surface area contributed by atoms with Crippen LogP contribution in [0.4, 0.5) is 5.69 Å². The van der Waals surface area contributed by atoms with E-state index < -0.39 is 5.91 Å². The molecule has 0 saturated heterocycles. The van der Waals surface area contributed by atoms with Gasteiger partial charge in [-0.05, 0) is 53.8 Å². The lowest BCUT2D eigenvalue weighted by molar-refractivity contribution is -0.126. The molecule has 3 rings (SSSR count). The van der Waals surface area contributed by atoms with E-state index in [1.807, 2.05) is 18.2 Å². The van der Waals surface area contributed by atoms with E-state index in [-0.39, 0.29) is 11.8 Å². The number of nitrogens with zero attached hydrogens (tertiary/aromatic N) is 2. The Morgan fingerprint density at radius 3 is 2.69 bits per heavy atom. The van der Waals surface area contributed by atoms with Gasteiger partial charge in [-0.15, -0.1) is 0 Å². The number of rotatable bonds is 7. The zero-order valence-electron chi connectivity index (χ0n) is 16.6. The summed E-state index contributed by atoms with van der Waals surface area (Å²) in [5, 5.41) is 0. The fourth-order valence-electron chi connectivity index (χ4n) is 3.57. The molecule has 3 amide bonds. The van der Waals surface area contributed by atoms with Crippen molar-refractivity contribution in [2.75, 3.05) is 18.5 Å². The van der Waals surface area contributed by atoms with Gasteiger partial charge in [0.2, 0.25) is 17.7 Å².